The van der Waals surface area contributed by atoms with E-state index < -0.39 is 29.7 Å². The fraction of sp³-hybridized carbons (Fsp3) is 0.314. The molecule has 2 aliphatic heterocycles. The average Bonchev–Trinajstić information content (AvgIpc) is 3.52. The highest BCUT2D eigenvalue weighted by Gasteiger charge is 2.45. The molecule has 11 heteroatoms. The van der Waals surface area contributed by atoms with E-state index in [1.54, 1.807) is 30.6 Å². The lowest BCUT2D eigenvalue weighted by Gasteiger charge is -2.27. The van der Waals surface area contributed by atoms with Crippen LogP contribution in [0.2, 0.25) is 0 Å². The Morgan fingerprint density at radius 2 is 1.80 bits per heavy atom. The van der Waals surface area contributed by atoms with Gasteiger partial charge in [0.2, 0.25) is 17.7 Å². The minimum atomic E-state index is -0.998. The van der Waals surface area contributed by atoms with Gasteiger partial charge in [0.25, 0.3) is 11.8 Å². The first-order valence-electron chi connectivity index (χ1n) is 15.7. The fourth-order valence-electron chi connectivity index (χ4n) is 6.34. The highest BCUT2D eigenvalue weighted by atomic mass is 16.2. The number of fused-ring (bicyclic) bond motifs is 2. The highest BCUT2D eigenvalue weighted by molar-refractivity contribution is 6.25. The van der Waals surface area contributed by atoms with Crippen LogP contribution < -0.4 is 16.0 Å². The van der Waals surface area contributed by atoms with Crippen molar-refractivity contribution in [2.45, 2.75) is 57.0 Å². The minimum absolute atomic E-state index is 0.0270. The minimum Gasteiger partial charge on any atom is -0.384 e. The summed E-state index contributed by atoms with van der Waals surface area (Å²) in [6.07, 6.45) is 7.36. The summed E-state index contributed by atoms with van der Waals surface area (Å²) in [5, 5.41) is 9.82. The number of hydrogen-bond acceptors (Lipinski definition) is 7. The molecule has 236 valence electrons. The van der Waals surface area contributed by atoms with Crippen molar-refractivity contribution in [1.29, 1.82) is 0 Å². The van der Waals surface area contributed by atoms with Crippen LogP contribution in [0.25, 0.3) is 10.9 Å². The molecule has 4 heterocycles. The maximum Gasteiger partial charge on any atom is 0.264 e. The van der Waals surface area contributed by atoms with Gasteiger partial charge >= 0.3 is 0 Å². The molecule has 1 saturated heterocycles. The molecule has 0 radical (unpaired) electrons. The third-order valence-electron chi connectivity index (χ3n) is 8.72. The van der Waals surface area contributed by atoms with Crippen LogP contribution in [0, 0.1) is 0 Å². The molecule has 46 heavy (non-hydrogen) atoms. The third-order valence-corrected chi connectivity index (χ3v) is 8.72. The van der Waals surface area contributed by atoms with E-state index in [1.807, 2.05) is 31.3 Å². The van der Waals surface area contributed by atoms with E-state index in [9.17, 15) is 24.0 Å². The van der Waals surface area contributed by atoms with E-state index in [1.165, 1.54) is 0 Å². The van der Waals surface area contributed by atoms with E-state index >= 15 is 0 Å². The first kappa shape index (κ1) is 30.7. The summed E-state index contributed by atoms with van der Waals surface area (Å²) in [6.45, 7) is 0.576. The number of nitrogens with zero attached hydrogens (tertiary/aromatic N) is 3. The van der Waals surface area contributed by atoms with Crippen LogP contribution in [-0.4, -0.2) is 56.6 Å². The van der Waals surface area contributed by atoms with Crippen molar-refractivity contribution in [3.63, 3.8) is 0 Å². The number of anilines is 1. The number of imide groups is 2. The molecule has 0 spiro atoms. The first-order valence-corrected chi connectivity index (χ1v) is 15.7. The number of carbonyl (C=O) groups is 5. The van der Waals surface area contributed by atoms with Gasteiger partial charge in [0.1, 0.15) is 6.04 Å². The number of hydrogen-bond donors (Lipinski definition) is 3. The van der Waals surface area contributed by atoms with E-state index in [-0.39, 0.29) is 35.9 Å². The summed E-state index contributed by atoms with van der Waals surface area (Å²) in [6, 6.07) is 17.8. The number of pyridine rings is 1. The van der Waals surface area contributed by atoms with Gasteiger partial charge < -0.3 is 15.2 Å². The Labute approximate surface area is 266 Å². The SMILES string of the molecule is Cn1c(C(NC(=O)CCCCCCNc2cccc3c2C(=O)N(C2CCC(=O)NC2=O)C3=O)c2cccnc2)cc2ccccc21. The Morgan fingerprint density at radius 1 is 0.978 bits per heavy atom. The van der Waals surface area contributed by atoms with Crippen molar-refractivity contribution in [2.24, 2.45) is 7.05 Å². The third kappa shape index (κ3) is 6.13. The molecule has 0 bridgehead atoms. The quantitative estimate of drug-likeness (QED) is 0.159. The number of piperidine rings is 1. The molecule has 1 fully saturated rings. The van der Waals surface area contributed by atoms with E-state index in [4.69, 9.17) is 0 Å². The topological polar surface area (TPSA) is 142 Å². The highest BCUT2D eigenvalue weighted by Crippen LogP contribution is 2.32. The molecule has 0 saturated carbocycles. The lowest BCUT2D eigenvalue weighted by Crippen LogP contribution is -2.54. The monoisotopic (exact) mass is 620 g/mol. The zero-order chi connectivity index (χ0) is 32.2. The largest absolute Gasteiger partial charge is 0.384 e. The number of nitrogens with one attached hydrogen (secondary N) is 3. The first-order chi connectivity index (χ1) is 22.3. The molecule has 2 atom stereocenters. The van der Waals surface area contributed by atoms with Crippen molar-refractivity contribution in [3.05, 3.63) is 95.4 Å². The predicted octanol–water partition coefficient (Wildman–Crippen LogP) is 4.24. The van der Waals surface area contributed by atoms with Gasteiger partial charge in [-0.1, -0.05) is 43.2 Å². The zero-order valence-corrected chi connectivity index (χ0v) is 25.6. The van der Waals surface area contributed by atoms with Gasteiger partial charge in [0, 0.05) is 55.7 Å². The van der Waals surface area contributed by atoms with Crippen molar-refractivity contribution >= 4 is 46.1 Å². The van der Waals surface area contributed by atoms with Gasteiger partial charge in [-0.25, -0.2) is 0 Å². The summed E-state index contributed by atoms with van der Waals surface area (Å²) < 4.78 is 2.11. The van der Waals surface area contributed by atoms with Gasteiger partial charge in [-0.15, -0.1) is 0 Å². The molecule has 2 aromatic heterocycles. The number of unbranched alkanes of at least 4 members (excludes halogenated alkanes) is 3. The van der Waals surface area contributed by atoms with Gasteiger partial charge in [-0.3, -0.25) is 39.2 Å². The van der Waals surface area contributed by atoms with Gasteiger partial charge in [-0.2, -0.15) is 0 Å². The maximum atomic E-state index is 13.3. The molecular weight excluding hydrogens is 584 g/mol. The van der Waals surface area contributed by atoms with E-state index in [2.05, 4.69) is 43.7 Å². The van der Waals surface area contributed by atoms with E-state index in [0.717, 1.165) is 52.7 Å². The van der Waals surface area contributed by atoms with Gasteiger partial charge in [0.15, 0.2) is 0 Å². The molecule has 0 aliphatic carbocycles. The Bertz CT molecular complexity index is 1820. The lowest BCUT2D eigenvalue weighted by molar-refractivity contribution is -0.136. The Balaban J connectivity index is 0.991. The molecular formula is C35H36N6O5. The average molecular weight is 621 g/mol. The second-order valence-electron chi connectivity index (χ2n) is 11.7. The van der Waals surface area contributed by atoms with Crippen molar-refractivity contribution in [1.82, 2.24) is 25.1 Å². The summed E-state index contributed by atoms with van der Waals surface area (Å²) in [5.74, 6) is -2.12. The normalized spacial score (nSPS) is 16.8. The number of benzene rings is 2. The van der Waals surface area contributed by atoms with E-state index in [0.29, 0.717) is 18.7 Å². The number of carbonyl (C=O) groups excluding carboxylic acids is 5. The van der Waals surface area contributed by atoms with Crippen LogP contribution in [0.5, 0.6) is 0 Å². The Kier molecular flexibility index (Phi) is 8.91. The Hall–Kier alpha value is -5.32. The molecule has 3 N–H and O–H groups in total. The number of aryl methyl sites for hydroxylation is 1. The van der Waals surface area contributed by atoms with Crippen LogP contribution >= 0.6 is 0 Å². The molecule has 2 unspecified atom stereocenters. The number of aromatic nitrogens is 2. The number of amides is 5. The summed E-state index contributed by atoms with van der Waals surface area (Å²) in [5.41, 5.74) is 4.04. The number of rotatable bonds is 12. The molecule has 2 aromatic carbocycles. The molecule has 5 amide bonds. The van der Waals surface area contributed by atoms with Crippen molar-refractivity contribution < 1.29 is 24.0 Å². The molecule has 6 rings (SSSR count). The van der Waals surface area contributed by atoms with Crippen LogP contribution in [-0.2, 0) is 21.4 Å². The summed E-state index contributed by atoms with van der Waals surface area (Å²) in [7, 11) is 2.01. The molecule has 2 aliphatic rings. The van der Waals surface area contributed by atoms with Crippen molar-refractivity contribution in [3.8, 4) is 0 Å². The van der Waals surface area contributed by atoms with Gasteiger partial charge in [-0.05, 0) is 60.5 Å². The predicted molar refractivity (Wildman–Crippen MR) is 172 cm³/mol. The second kappa shape index (κ2) is 13.4. The van der Waals surface area contributed by atoms with Crippen LogP contribution in [0.15, 0.2) is 73.1 Å². The smallest absolute Gasteiger partial charge is 0.264 e. The lowest BCUT2D eigenvalue weighted by atomic mass is 10.0. The summed E-state index contributed by atoms with van der Waals surface area (Å²) >= 11 is 0. The standard InChI is InChI=1S/C35H36N6O5/c1-40-26-14-6-5-10-22(26)20-28(40)32(23-11-9-18-36-21-23)38-29(42)15-4-2-3-7-19-37-25-13-8-12-24-31(25)35(46)41(34(24)45)27-16-17-30(43)39-33(27)44/h5-6,8-14,18,20-21,27,32,37H,2-4,7,15-17,19H2,1H3,(H,38,42)(H,39,43,44). The van der Waals surface area contributed by atoms with Gasteiger partial charge in [0.05, 0.1) is 17.2 Å². The zero-order valence-electron chi connectivity index (χ0n) is 25.6. The fourth-order valence-corrected chi connectivity index (χ4v) is 6.34. The molecule has 4 aromatic rings. The van der Waals surface area contributed by atoms with Crippen LogP contribution in [0.1, 0.15) is 83.0 Å². The van der Waals surface area contributed by atoms with Crippen LogP contribution in [0.4, 0.5) is 5.69 Å². The Morgan fingerprint density at radius 3 is 2.59 bits per heavy atom. The van der Waals surface area contributed by atoms with Crippen molar-refractivity contribution in [2.75, 3.05) is 11.9 Å². The summed E-state index contributed by atoms with van der Waals surface area (Å²) in [4.78, 5) is 68.6. The maximum absolute atomic E-state index is 13.3. The second-order valence-corrected chi connectivity index (χ2v) is 11.7. The van der Waals surface area contributed by atoms with Crippen LogP contribution in [0.3, 0.4) is 0 Å². The number of para-hydroxylation sites is 1. The molecule has 11 nitrogen and oxygen atoms in total.